The van der Waals surface area contributed by atoms with Crippen molar-refractivity contribution in [1.82, 2.24) is 24.6 Å². The number of nitrogens with zero attached hydrogens (tertiary/aromatic N) is 5. The monoisotopic (exact) mass is 488 g/mol. The first kappa shape index (κ1) is 23.7. The Morgan fingerprint density at radius 1 is 1.09 bits per heavy atom. The zero-order valence-corrected chi connectivity index (χ0v) is 19.8. The predicted octanol–water partition coefficient (Wildman–Crippen LogP) is 3.99. The van der Waals surface area contributed by atoms with Gasteiger partial charge in [0.15, 0.2) is 5.65 Å². The van der Waals surface area contributed by atoms with Crippen LogP contribution in [0.15, 0.2) is 23.1 Å². The summed E-state index contributed by atoms with van der Waals surface area (Å²) in [5.41, 5.74) is 1.58. The summed E-state index contributed by atoms with van der Waals surface area (Å²) < 4.78 is 47.5. The Kier molecular flexibility index (Phi) is 5.58. The first-order chi connectivity index (χ1) is 16.4. The van der Waals surface area contributed by atoms with Crippen LogP contribution in [0.1, 0.15) is 79.0 Å². The van der Waals surface area contributed by atoms with Crippen molar-refractivity contribution < 1.29 is 17.9 Å². The lowest BCUT2D eigenvalue weighted by Crippen LogP contribution is -2.45. The van der Waals surface area contributed by atoms with E-state index in [0.29, 0.717) is 47.8 Å². The molecule has 0 spiro atoms. The maximum absolute atomic E-state index is 13.5. The van der Waals surface area contributed by atoms with Crippen LogP contribution in [-0.4, -0.2) is 37.4 Å². The minimum absolute atomic E-state index is 0.0366. The molecule has 0 bridgehead atoms. The quantitative estimate of drug-likeness (QED) is 0.555. The summed E-state index contributed by atoms with van der Waals surface area (Å²) in [7, 11) is 0. The van der Waals surface area contributed by atoms with Gasteiger partial charge in [-0.3, -0.25) is 4.79 Å². The van der Waals surface area contributed by atoms with Crippen molar-refractivity contribution in [3.8, 4) is 0 Å². The fourth-order valence-electron chi connectivity index (χ4n) is 5.05. The van der Waals surface area contributed by atoms with Gasteiger partial charge < -0.3 is 10.6 Å². The normalized spacial score (nSPS) is 27.1. The van der Waals surface area contributed by atoms with Gasteiger partial charge in [0, 0.05) is 30.7 Å². The average molecular weight is 489 g/mol. The zero-order chi connectivity index (χ0) is 25.1. The summed E-state index contributed by atoms with van der Waals surface area (Å²) in [6, 6.07) is 3.08. The van der Waals surface area contributed by atoms with Crippen LogP contribution in [0.2, 0.25) is 0 Å². The number of halogens is 3. The van der Waals surface area contributed by atoms with E-state index in [1.54, 1.807) is 12.3 Å². The molecule has 5 rings (SSSR count). The van der Waals surface area contributed by atoms with E-state index in [4.69, 9.17) is 20.5 Å². The highest BCUT2D eigenvalue weighted by molar-refractivity contribution is 5.74. The first-order valence-corrected chi connectivity index (χ1v) is 11.6. The summed E-state index contributed by atoms with van der Waals surface area (Å²) in [4.78, 5) is 30.4. The van der Waals surface area contributed by atoms with E-state index in [-0.39, 0.29) is 36.3 Å². The van der Waals surface area contributed by atoms with Crippen LogP contribution in [-0.2, 0) is 4.74 Å². The Hall–Kier alpha value is -3.08. The molecule has 1 saturated heterocycles. The van der Waals surface area contributed by atoms with Crippen molar-refractivity contribution in [3.05, 3.63) is 57.2 Å². The molecule has 2 unspecified atom stereocenters. The van der Waals surface area contributed by atoms with E-state index in [9.17, 15) is 18.0 Å². The number of pyridine rings is 1. The third kappa shape index (κ3) is 4.15. The highest BCUT2D eigenvalue weighted by Crippen LogP contribution is 2.59. The average Bonchev–Trinajstić information content (AvgIpc) is 2.78. The van der Waals surface area contributed by atoms with E-state index in [0.717, 1.165) is 15.9 Å². The number of hydrogen-bond acceptors (Lipinski definition) is 7. The maximum Gasteiger partial charge on any atom is 0.394 e. The van der Waals surface area contributed by atoms with Gasteiger partial charge in [-0.05, 0) is 51.2 Å². The molecular formula is C24H27F3N6O2. The fourth-order valence-corrected chi connectivity index (χ4v) is 5.05. The fraction of sp³-hybridized carbons (Fsp3) is 0.542. The molecule has 8 nitrogen and oxygen atoms in total. The smallest absolute Gasteiger partial charge is 0.373 e. The number of ether oxygens (including phenoxy) is 1. The van der Waals surface area contributed by atoms with E-state index >= 15 is 0 Å². The molecule has 186 valence electrons. The lowest BCUT2D eigenvalue weighted by Gasteiger charge is -2.46. The van der Waals surface area contributed by atoms with Gasteiger partial charge in [0.05, 0.1) is 28.6 Å². The SMILES string of the molecule is Cc1nc2nc(C3CCOC(c4ccc(=O)n(N)c4)C3)nc(C3CC(C)(C(F)(F)F)C3)c2nc1C. The topological polar surface area (TPSA) is 109 Å². The molecule has 2 fully saturated rings. The lowest BCUT2D eigenvalue weighted by molar-refractivity contribution is -0.248. The molecule has 1 aliphatic carbocycles. The maximum atomic E-state index is 13.5. The molecule has 0 amide bonds. The lowest BCUT2D eigenvalue weighted by atomic mass is 9.61. The summed E-state index contributed by atoms with van der Waals surface area (Å²) in [5, 5.41) is 0. The molecule has 0 aromatic carbocycles. The van der Waals surface area contributed by atoms with Crippen molar-refractivity contribution in [2.24, 2.45) is 5.41 Å². The largest absolute Gasteiger partial charge is 0.394 e. The third-order valence-electron chi connectivity index (χ3n) is 7.43. The van der Waals surface area contributed by atoms with Gasteiger partial charge in [-0.25, -0.2) is 24.6 Å². The van der Waals surface area contributed by atoms with Crippen LogP contribution < -0.4 is 11.4 Å². The Morgan fingerprint density at radius 3 is 2.49 bits per heavy atom. The number of nitrogens with two attached hydrogens (primary N) is 1. The van der Waals surface area contributed by atoms with E-state index in [1.165, 1.54) is 13.0 Å². The van der Waals surface area contributed by atoms with Gasteiger partial charge in [-0.15, -0.1) is 0 Å². The van der Waals surface area contributed by atoms with Gasteiger partial charge >= 0.3 is 6.18 Å². The summed E-state index contributed by atoms with van der Waals surface area (Å²) >= 11 is 0. The Bertz CT molecular complexity index is 1350. The molecule has 11 heteroatoms. The molecule has 1 saturated carbocycles. The number of alkyl halides is 3. The molecule has 3 aromatic heterocycles. The van der Waals surface area contributed by atoms with Crippen LogP contribution in [0.5, 0.6) is 0 Å². The van der Waals surface area contributed by atoms with Gasteiger partial charge in [-0.1, -0.05) is 6.92 Å². The molecule has 2 atom stereocenters. The number of fused-ring (bicyclic) bond motifs is 1. The molecule has 3 aromatic rings. The second-order valence-corrected chi connectivity index (χ2v) is 9.99. The minimum atomic E-state index is -4.26. The van der Waals surface area contributed by atoms with Crippen molar-refractivity contribution in [2.45, 2.75) is 70.6 Å². The number of rotatable bonds is 3. The number of nitrogen functional groups attached to an aromatic ring is 1. The van der Waals surface area contributed by atoms with Crippen LogP contribution in [0, 0.1) is 19.3 Å². The molecule has 2 aliphatic rings. The molecule has 1 aliphatic heterocycles. The van der Waals surface area contributed by atoms with Crippen molar-refractivity contribution in [3.63, 3.8) is 0 Å². The number of hydrogen-bond donors (Lipinski definition) is 1. The molecular weight excluding hydrogens is 461 g/mol. The summed E-state index contributed by atoms with van der Waals surface area (Å²) in [6.07, 6.45) is -1.89. The Morgan fingerprint density at radius 2 is 1.80 bits per heavy atom. The second-order valence-electron chi connectivity index (χ2n) is 9.99. The first-order valence-electron chi connectivity index (χ1n) is 11.6. The minimum Gasteiger partial charge on any atom is -0.373 e. The van der Waals surface area contributed by atoms with Gasteiger partial charge in [0.2, 0.25) is 0 Å². The van der Waals surface area contributed by atoms with Crippen molar-refractivity contribution in [2.75, 3.05) is 12.4 Å². The van der Waals surface area contributed by atoms with Crippen LogP contribution in [0.4, 0.5) is 13.2 Å². The number of aromatic nitrogens is 5. The van der Waals surface area contributed by atoms with E-state index in [2.05, 4.69) is 9.97 Å². The number of aryl methyl sites for hydroxylation is 2. The van der Waals surface area contributed by atoms with Crippen molar-refractivity contribution >= 4 is 11.2 Å². The molecule has 4 heterocycles. The van der Waals surface area contributed by atoms with Crippen LogP contribution >= 0.6 is 0 Å². The molecule has 2 N–H and O–H groups in total. The Labute approximate surface area is 199 Å². The highest BCUT2D eigenvalue weighted by atomic mass is 19.4. The summed E-state index contributed by atoms with van der Waals surface area (Å²) in [5.74, 6) is 5.81. The molecule has 0 radical (unpaired) electrons. The van der Waals surface area contributed by atoms with Gasteiger partial charge in [0.25, 0.3) is 5.56 Å². The predicted molar refractivity (Wildman–Crippen MR) is 122 cm³/mol. The van der Waals surface area contributed by atoms with Gasteiger partial charge in [0.1, 0.15) is 11.3 Å². The summed E-state index contributed by atoms with van der Waals surface area (Å²) in [6.45, 7) is 5.36. The zero-order valence-electron chi connectivity index (χ0n) is 19.8. The van der Waals surface area contributed by atoms with Crippen molar-refractivity contribution in [1.29, 1.82) is 0 Å². The Balaban J connectivity index is 1.51. The second kappa shape index (κ2) is 8.25. The van der Waals surface area contributed by atoms with Crippen LogP contribution in [0.3, 0.4) is 0 Å². The third-order valence-corrected chi connectivity index (χ3v) is 7.43. The standard InChI is InChI=1S/C24H27F3N6O2/c1-12-13(2)30-22-20(29-12)19(16-9-23(3,10-16)24(25,26)27)31-21(32-22)14-6-7-35-17(8-14)15-4-5-18(34)33(28)11-15/h4-5,11,14,16-17H,6-10,28H2,1-3H3. The van der Waals surface area contributed by atoms with Crippen LogP contribution in [0.25, 0.3) is 11.2 Å². The van der Waals surface area contributed by atoms with E-state index in [1.807, 2.05) is 13.8 Å². The highest BCUT2D eigenvalue weighted by Gasteiger charge is 2.59. The van der Waals surface area contributed by atoms with E-state index < -0.39 is 11.6 Å². The van der Waals surface area contributed by atoms with Gasteiger partial charge in [-0.2, -0.15) is 13.2 Å². The molecule has 35 heavy (non-hydrogen) atoms.